The summed E-state index contributed by atoms with van der Waals surface area (Å²) in [6, 6.07) is 1.96. The molecule has 0 aliphatic heterocycles. The lowest BCUT2D eigenvalue weighted by molar-refractivity contribution is 0.432. The van der Waals surface area contributed by atoms with Gasteiger partial charge in [-0.1, -0.05) is 40.0 Å². The lowest BCUT2D eigenvalue weighted by atomic mass is 9.99. The molecule has 5 nitrogen and oxygen atoms in total. The number of hydrogen-bond donors (Lipinski definition) is 2. The lowest BCUT2D eigenvalue weighted by Gasteiger charge is -2.19. The monoisotopic (exact) mass is 307 g/mol. The molecule has 0 saturated heterocycles. The van der Waals surface area contributed by atoms with Gasteiger partial charge in [0, 0.05) is 39.1 Å². The van der Waals surface area contributed by atoms with Crippen molar-refractivity contribution in [2.75, 3.05) is 20.1 Å². The maximum atomic E-state index is 4.32. The van der Waals surface area contributed by atoms with E-state index in [2.05, 4.69) is 41.5 Å². The quantitative estimate of drug-likeness (QED) is 0.516. The Hall–Kier alpha value is -1.52. The highest BCUT2D eigenvalue weighted by Gasteiger charge is 2.08. The third-order valence-corrected chi connectivity index (χ3v) is 4.00. The summed E-state index contributed by atoms with van der Waals surface area (Å²) >= 11 is 0. The van der Waals surface area contributed by atoms with Crippen molar-refractivity contribution in [3.8, 4) is 0 Å². The first-order valence-corrected chi connectivity index (χ1v) is 8.61. The Labute approximate surface area is 135 Å². The van der Waals surface area contributed by atoms with Gasteiger partial charge in [0.05, 0.1) is 0 Å². The minimum atomic E-state index is 0.500. The van der Waals surface area contributed by atoms with E-state index in [1.807, 2.05) is 30.2 Å². The number of unbranched alkanes of at least 4 members (excludes halogenated alkanes) is 1. The lowest BCUT2D eigenvalue weighted by Crippen LogP contribution is -2.41. The summed E-state index contributed by atoms with van der Waals surface area (Å²) < 4.78 is 1.97. The van der Waals surface area contributed by atoms with Gasteiger partial charge in [-0.3, -0.25) is 9.67 Å². The van der Waals surface area contributed by atoms with E-state index in [0.717, 1.165) is 31.5 Å². The summed E-state index contributed by atoms with van der Waals surface area (Å²) in [5, 5.41) is 11.1. The molecule has 0 aliphatic rings. The van der Waals surface area contributed by atoms with Gasteiger partial charge in [0.25, 0.3) is 0 Å². The van der Waals surface area contributed by atoms with Gasteiger partial charge in [0.15, 0.2) is 5.96 Å². The summed E-state index contributed by atoms with van der Waals surface area (Å²) in [4.78, 5) is 4.32. The Morgan fingerprint density at radius 3 is 2.64 bits per heavy atom. The zero-order chi connectivity index (χ0) is 16.2. The number of aliphatic imine (C=N–C) groups is 1. The molecule has 0 saturated carbocycles. The highest BCUT2D eigenvalue weighted by molar-refractivity contribution is 5.79. The molecule has 1 rings (SSSR count). The maximum absolute atomic E-state index is 4.32. The second-order valence-electron chi connectivity index (χ2n) is 6.08. The molecule has 0 fully saturated rings. The van der Waals surface area contributed by atoms with E-state index in [4.69, 9.17) is 0 Å². The standard InChI is InChI=1S/C17H33N5/c1-5-7-9-16(6-2)13-20-17(18-4)19-12-15(3)14-22-11-8-10-21-22/h8,10-11,15-16H,5-7,9,12-14H2,1-4H3,(H2,18,19,20). The topological polar surface area (TPSA) is 54.2 Å². The summed E-state index contributed by atoms with van der Waals surface area (Å²) in [5.41, 5.74) is 0. The molecule has 1 heterocycles. The average molecular weight is 307 g/mol. The van der Waals surface area contributed by atoms with Crippen LogP contribution in [0.3, 0.4) is 0 Å². The largest absolute Gasteiger partial charge is 0.356 e. The Morgan fingerprint density at radius 1 is 1.27 bits per heavy atom. The van der Waals surface area contributed by atoms with Crippen molar-refractivity contribution < 1.29 is 0 Å². The van der Waals surface area contributed by atoms with Crippen LogP contribution in [0.1, 0.15) is 46.5 Å². The maximum Gasteiger partial charge on any atom is 0.190 e. The number of nitrogens with one attached hydrogen (secondary N) is 2. The van der Waals surface area contributed by atoms with Crippen molar-refractivity contribution in [2.45, 2.75) is 53.0 Å². The van der Waals surface area contributed by atoms with Crippen molar-refractivity contribution in [3.63, 3.8) is 0 Å². The zero-order valence-electron chi connectivity index (χ0n) is 14.7. The summed E-state index contributed by atoms with van der Waals surface area (Å²) in [6.07, 6.45) is 8.93. The van der Waals surface area contributed by atoms with Crippen LogP contribution in [-0.2, 0) is 6.54 Å². The normalized spacial score (nSPS) is 14.6. The Balaban J connectivity index is 2.26. The molecule has 126 valence electrons. The van der Waals surface area contributed by atoms with E-state index in [9.17, 15) is 0 Å². The van der Waals surface area contributed by atoms with E-state index >= 15 is 0 Å². The van der Waals surface area contributed by atoms with Crippen LogP contribution in [0, 0.1) is 11.8 Å². The fourth-order valence-electron chi connectivity index (χ4n) is 2.47. The third kappa shape index (κ3) is 7.48. The second kappa shape index (κ2) is 11.1. The van der Waals surface area contributed by atoms with Gasteiger partial charge in [-0.25, -0.2) is 0 Å². The van der Waals surface area contributed by atoms with E-state index in [1.54, 1.807) is 0 Å². The molecular weight excluding hydrogens is 274 g/mol. The van der Waals surface area contributed by atoms with E-state index in [1.165, 1.54) is 25.7 Å². The van der Waals surface area contributed by atoms with Crippen LogP contribution in [0.2, 0.25) is 0 Å². The summed E-state index contributed by atoms with van der Waals surface area (Å²) in [7, 11) is 1.83. The molecule has 2 atom stereocenters. The molecule has 2 N–H and O–H groups in total. The van der Waals surface area contributed by atoms with Gasteiger partial charge in [0.1, 0.15) is 0 Å². The minimum absolute atomic E-state index is 0.500. The highest BCUT2D eigenvalue weighted by Crippen LogP contribution is 2.11. The van der Waals surface area contributed by atoms with Gasteiger partial charge in [-0.05, 0) is 24.3 Å². The SMILES string of the molecule is CCCCC(CC)CNC(=NC)NCC(C)Cn1cccn1. The minimum Gasteiger partial charge on any atom is -0.356 e. The van der Waals surface area contributed by atoms with Gasteiger partial charge < -0.3 is 10.6 Å². The number of rotatable bonds is 10. The molecular formula is C17H33N5. The summed E-state index contributed by atoms with van der Waals surface area (Å²) in [5.74, 6) is 2.14. The molecule has 0 radical (unpaired) electrons. The van der Waals surface area contributed by atoms with Crippen LogP contribution in [0.25, 0.3) is 0 Å². The molecule has 0 aliphatic carbocycles. The van der Waals surface area contributed by atoms with E-state index < -0.39 is 0 Å². The number of aromatic nitrogens is 2. The van der Waals surface area contributed by atoms with Gasteiger partial charge >= 0.3 is 0 Å². The molecule has 0 bridgehead atoms. The van der Waals surface area contributed by atoms with Crippen molar-refractivity contribution in [1.82, 2.24) is 20.4 Å². The van der Waals surface area contributed by atoms with Gasteiger partial charge in [0.2, 0.25) is 0 Å². The molecule has 1 aromatic heterocycles. The van der Waals surface area contributed by atoms with Crippen LogP contribution in [0.15, 0.2) is 23.5 Å². The van der Waals surface area contributed by atoms with Gasteiger partial charge in [-0.2, -0.15) is 5.10 Å². The predicted molar refractivity (Wildman–Crippen MR) is 94.1 cm³/mol. The smallest absolute Gasteiger partial charge is 0.190 e. The first-order valence-electron chi connectivity index (χ1n) is 8.61. The van der Waals surface area contributed by atoms with Crippen molar-refractivity contribution in [2.24, 2.45) is 16.8 Å². The first-order chi connectivity index (χ1) is 10.7. The number of guanidine groups is 1. The molecule has 5 heteroatoms. The van der Waals surface area contributed by atoms with Crippen LogP contribution in [0.4, 0.5) is 0 Å². The van der Waals surface area contributed by atoms with E-state index in [0.29, 0.717) is 5.92 Å². The van der Waals surface area contributed by atoms with Crippen LogP contribution in [-0.4, -0.2) is 35.9 Å². The highest BCUT2D eigenvalue weighted by atomic mass is 15.3. The van der Waals surface area contributed by atoms with Crippen molar-refractivity contribution in [3.05, 3.63) is 18.5 Å². The van der Waals surface area contributed by atoms with Crippen molar-refractivity contribution in [1.29, 1.82) is 0 Å². The van der Waals surface area contributed by atoms with Crippen LogP contribution in [0.5, 0.6) is 0 Å². The van der Waals surface area contributed by atoms with Gasteiger partial charge in [-0.15, -0.1) is 0 Å². The molecule has 2 unspecified atom stereocenters. The second-order valence-corrected chi connectivity index (χ2v) is 6.08. The zero-order valence-corrected chi connectivity index (χ0v) is 14.7. The summed E-state index contributed by atoms with van der Waals surface area (Å²) in [6.45, 7) is 9.56. The van der Waals surface area contributed by atoms with Crippen LogP contribution < -0.4 is 10.6 Å². The number of nitrogens with zero attached hydrogens (tertiary/aromatic N) is 3. The molecule has 1 aromatic rings. The Morgan fingerprint density at radius 2 is 2.05 bits per heavy atom. The molecule has 0 amide bonds. The van der Waals surface area contributed by atoms with Crippen molar-refractivity contribution >= 4 is 5.96 Å². The third-order valence-electron chi connectivity index (χ3n) is 4.00. The predicted octanol–water partition coefficient (Wildman–Crippen LogP) is 2.90. The molecule has 0 spiro atoms. The Kier molecular flexibility index (Phi) is 9.35. The average Bonchev–Trinajstić information content (AvgIpc) is 3.03. The van der Waals surface area contributed by atoms with Crippen LogP contribution >= 0.6 is 0 Å². The Bertz CT molecular complexity index is 399. The fraction of sp³-hybridized carbons (Fsp3) is 0.765. The number of hydrogen-bond acceptors (Lipinski definition) is 2. The molecule has 0 aromatic carbocycles. The fourth-order valence-corrected chi connectivity index (χ4v) is 2.47. The molecule has 22 heavy (non-hydrogen) atoms. The van der Waals surface area contributed by atoms with E-state index in [-0.39, 0.29) is 0 Å². The first kappa shape index (κ1) is 18.5.